The minimum atomic E-state index is -0.265. The van der Waals surface area contributed by atoms with E-state index in [9.17, 15) is 14.4 Å². The fraction of sp³-hybridized carbons (Fsp3) is 0.103. The number of hydrogen-bond donors (Lipinski definition) is 1. The molecule has 7 heteroatoms. The van der Waals surface area contributed by atoms with Gasteiger partial charge in [0.15, 0.2) is 0 Å². The summed E-state index contributed by atoms with van der Waals surface area (Å²) in [6.45, 7) is 0. The third-order valence-corrected chi connectivity index (χ3v) is 6.31. The molecular weight excluding hydrogens is 472 g/mol. The van der Waals surface area contributed by atoms with Crippen LogP contribution < -0.4 is 10.1 Å². The van der Waals surface area contributed by atoms with Crippen molar-refractivity contribution >= 4 is 35.9 Å². The lowest BCUT2D eigenvalue weighted by Gasteiger charge is -2.14. The van der Waals surface area contributed by atoms with Gasteiger partial charge in [0.1, 0.15) is 24.1 Å². The van der Waals surface area contributed by atoms with Gasteiger partial charge in [-0.05, 0) is 60.2 Å². The Labute approximate surface area is 213 Å². The first kappa shape index (κ1) is 24.9. The maximum Gasteiger partial charge on any atom is 0.255 e. The molecule has 0 spiro atoms. The van der Waals surface area contributed by atoms with Crippen LogP contribution in [0.3, 0.4) is 0 Å². The van der Waals surface area contributed by atoms with Crippen LogP contribution in [0.15, 0.2) is 91.1 Å². The molecule has 3 aromatic carbocycles. The van der Waals surface area contributed by atoms with Crippen LogP contribution in [-0.2, 0) is 10.5 Å². The Morgan fingerprint density at radius 3 is 2.58 bits per heavy atom. The van der Waals surface area contributed by atoms with Gasteiger partial charge < -0.3 is 14.8 Å². The fourth-order valence-corrected chi connectivity index (χ4v) is 4.34. The minimum Gasteiger partial charge on any atom is -0.457 e. The SMILES string of the molecule is O=CCCSCc1cccc(C(=O)Nc2ccc(Oc3ccccc3)cc2-c2cc(C=O)ccn2)c1. The van der Waals surface area contributed by atoms with E-state index in [1.807, 2.05) is 48.5 Å². The van der Waals surface area contributed by atoms with Gasteiger partial charge in [-0.15, -0.1) is 0 Å². The molecule has 0 radical (unpaired) electrons. The number of carbonyl (C=O) groups excluding carboxylic acids is 3. The zero-order chi connectivity index (χ0) is 25.2. The third kappa shape index (κ3) is 6.67. The lowest BCUT2D eigenvalue weighted by Crippen LogP contribution is -2.13. The number of thioether (sulfide) groups is 1. The highest BCUT2D eigenvalue weighted by Gasteiger charge is 2.14. The van der Waals surface area contributed by atoms with Gasteiger partial charge in [0, 0.05) is 40.8 Å². The number of benzene rings is 3. The fourth-order valence-electron chi connectivity index (χ4n) is 3.52. The van der Waals surface area contributed by atoms with Gasteiger partial charge in [0.2, 0.25) is 0 Å². The van der Waals surface area contributed by atoms with Crippen molar-refractivity contribution in [1.29, 1.82) is 0 Å². The van der Waals surface area contributed by atoms with Gasteiger partial charge in [-0.3, -0.25) is 14.6 Å². The summed E-state index contributed by atoms with van der Waals surface area (Å²) in [6.07, 6.45) is 3.73. The number of aldehydes is 2. The van der Waals surface area contributed by atoms with E-state index < -0.39 is 0 Å². The van der Waals surface area contributed by atoms with Crippen LogP contribution in [0.25, 0.3) is 11.3 Å². The van der Waals surface area contributed by atoms with E-state index in [1.54, 1.807) is 54.4 Å². The van der Waals surface area contributed by atoms with Crippen LogP contribution in [0.2, 0.25) is 0 Å². The number of ether oxygens (including phenoxy) is 1. The lowest BCUT2D eigenvalue weighted by molar-refractivity contribution is -0.107. The maximum absolute atomic E-state index is 13.2. The maximum atomic E-state index is 13.2. The molecule has 4 aromatic rings. The monoisotopic (exact) mass is 496 g/mol. The molecule has 0 fully saturated rings. The predicted molar refractivity (Wildman–Crippen MR) is 143 cm³/mol. The molecular formula is C29H24N2O4S. The van der Waals surface area contributed by atoms with Crippen LogP contribution in [0.4, 0.5) is 5.69 Å². The quantitative estimate of drug-likeness (QED) is 0.190. The van der Waals surface area contributed by atoms with E-state index >= 15 is 0 Å². The van der Waals surface area contributed by atoms with Crippen molar-refractivity contribution in [3.63, 3.8) is 0 Å². The second-order valence-corrected chi connectivity index (χ2v) is 8.98. The van der Waals surface area contributed by atoms with Gasteiger partial charge in [-0.1, -0.05) is 30.3 Å². The Bertz CT molecular complexity index is 1360. The summed E-state index contributed by atoms with van der Waals surface area (Å²) < 4.78 is 5.98. The van der Waals surface area contributed by atoms with E-state index in [-0.39, 0.29) is 5.91 Å². The zero-order valence-corrected chi connectivity index (χ0v) is 20.2. The van der Waals surface area contributed by atoms with Crippen molar-refractivity contribution in [1.82, 2.24) is 4.98 Å². The number of hydrogen-bond acceptors (Lipinski definition) is 6. The van der Waals surface area contributed by atoms with E-state index in [4.69, 9.17) is 4.74 Å². The number of nitrogens with one attached hydrogen (secondary N) is 1. The van der Waals surface area contributed by atoms with Crippen LogP contribution in [0, 0.1) is 0 Å². The van der Waals surface area contributed by atoms with Crippen LogP contribution in [0.5, 0.6) is 11.5 Å². The summed E-state index contributed by atoms with van der Waals surface area (Å²) >= 11 is 1.65. The summed E-state index contributed by atoms with van der Waals surface area (Å²) in [5.41, 5.74) is 3.71. The molecule has 0 bridgehead atoms. The van der Waals surface area contributed by atoms with Gasteiger partial charge in [0.25, 0.3) is 5.91 Å². The van der Waals surface area contributed by atoms with E-state index in [0.717, 1.165) is 23.9 Å². The number of nitrogens with zero attached hydrogens (tertiary/aromatic N) is 1. The molecule has 0 saturated heterocycles. The number of aromatic nitrogens is 1. The first-order valence-electron chi connectivity index (χ1n) is 11.4. The van der Waals surface area contributed by atoms with Gasteiger partial charge in [-0.25, -0.2) is 0 Å². The Morgan fingerprint density at radius 2 is 1.78 bits per heavy atom. The number of rotatable bonds is 11. The Morgan fingerprint density at radius 1 is 0.917 bits per heavy atom. The number of anilines is 1. The third-order valence-electron chi connectivity index (χ3n) is 5.25. The molecule has 0 aliphatic rings. The predicted octanol–water partition coefficient (Wildman–Crippen LogP) is 6.43. The Balaban J connectivity index is 1.61. The van der Waals surface area contributed by atoms with E-state index in [0.29, 0.717) is 51.7 Å². The molecule has 6 nitrogen and oxygen atoms in total. The van der Waals surface area contributed by atoms with Crippen LogP contribution in [-0.4, -0.2) is 29.2 Å². The summed E-state index contributed by atoms with van der Waals surface area (Å²) in [7, 11) is 0. The highest BCUT2D eigenvalue weighted by molar-refractivity contribution is 7.98. The highest BCUT2D eigenvalue weighted by Crippen LogP contribution is 2.33. The lowest BCUT2D eigenvalue weighted by atomic mass is 10.1. The highest BCUT2D eigenvalue weighted by atomic mass is 32.2. The first-order chi connectivity index (χ1) is 17.7. The normalized spacial score (nSPS) is 10.4. The van der Waals surface area contributed by atoms with Crippen molar-refractivity contribution in [2.75, 3.05) is 11.1 Å². The molecule has 180 valence electrons. The number of pyridine rings is 1. The average molecular weight is 497 g/mol. The molecule has 1 heterocycles. The van der Waals surface area contributed by atoms with E-state index in [1.165, 1.54) is 0 Å². The zero-order valence-electron chi connectivity index (χ0n) is 19.4. The smallest absolute Gasteiger partial charge is 0.255 e. The number of carbonyl (C=O) groups is 3. The van der Waals surface area contributed by atoms with Crippen molar-refractivity contribution in [3.8, 4) is 22.8 Å². The molecule has 0 atom stereocenters. The minimum absolute atomic E-state index is 0.265. The Hall–Kier alpha value is -4.23. The van der Waals surface area contributed by atoms with Crippen LogP contribution in [0.1, 0.15) is 32.7 Å². The summed E-state index contributed by atoms with van der Waals surface area (Å²) in [4.78, 5) is 39.4. The van der Waals surface area contributed by atoms with Crippen molar-refractivity contribution < 1.29 is 19.1 Å². The molecule has 1 amide bonds. The molecule has 0 aliphatic carbocycles. The largest absolute Gasteiger partial charge is 0.457 e. The molecule has 0 saturated carbocycles. The molecule has 36 heavy (non-hydrogen) atoms. The van der Waals surface area contributed by atoms with Crippen LogP contribution >= 0.6 is 11.8 Å². The topological polar surface area (TPSA) is 85.4 Å². The standard InChI is InChI=1S/C29H24N2O4S/c32-14-5-15-36-20-22-6-4-7-23(16-22)29(34)31-27-11-10-25(35-24-8-2-1-3-9-24)18-26(27)28-17-21(19-33)12-13-30-28/h1-4,6-14,16-19H,5,15,20H2,(H,31,34). The Kier molecular flexibility index (Phi) is 8.62. The molecule has 1 aromatic heterocycles. The molecule has 4 rings (SSSR count). The van der Waals surface area contributed by atoms with Crippen molar-refractivity contribution in [3.05, 3.63) is 108 Å². The number of amides is 1. The molecule has 1 N–H and O–H groups in total. The van der Waals surface area contributed by atoms with Crippen molar-refractivity contribution in [2.24, 2.45) is 0 Å². The van der Waals surface area contributed by atoms with Crippen molar-refractivity contribution in [2.45, 2.75) is 12.2 Å². The second kappa shape index (κ2) is 12.5. The van der Waals surface area contributed by atoms with Gasteiger partial charge in [0.05, 0.1) is 11.4 Å². The van der Waals surface area contributed by atoms with E-state index in [2.05, 4.69) is 10.3 Å². The molecule has 0 aliphatic heterocycles. The second-order valence-electron chi connectivity index (χ2n) is 7.88. The summed E-state index contributed by atoms with van der Waals surface area (Å²) in [5, 5.41) is 2.98. The van der Waals surface area contributed by atoms with Gasteiger partial charge in [-0.2, -0.15) is 11.8 Å². The molecule has 0 unspecified atom stereocenters. The summed E-state index contributed by atoms with van der Waals surface area (Å²) in [6, 6.07) is 25.4. The first-order valence-corrected chi connectivity index (χ1v) is 12.5. The summed E-state index contributed by atoms with van der Waals surface area (Å²) in [5.74, 6) is 2.44. The average Bonchev–Trinajstić information content (AvgIpc) is 2.92. The number of para-hydroxylation sites is 1. The van der Waals surface area contributed by atoms with Gasteiger partial charge >= 0.3 is 0 Å².